The van der Waals surface area contributed by atoms with Crippen molar-refractivity contribution in [1.82, 2.24) is 10.6 Å². The summed E-state index contributed by atoms with van der Waals surface area (Å²) in [5, 5.41) is 5.46. The lowest BCUT2D eigenvalue weighted by molar-refractivity contribution is -0.145. The second-order valence-electron chi connectivity index (χ2n) is 4.83. The van der Waals surface area contributed by atoms with Gasteiger partial charge in [-0.2, -0.15) is 13.2 Å². The normalized spacial score (nSPS) is 22.8. The van der Waals surface area contributed by atoms with E-state index in [-0.39, 0.29) is 17.9 Å². The maximum Gasteiger partial charge on any atom is 0.391 e. The molecule has 0 aromatic rings. The summed E-state index contributed by atoms with van der Waals surface area (Å²) in [6.45, 7) is 4.11. The molecule has 1 aliphatic heterocycles. The van der Waals surface area contributed by atoms with E-state index in [1.807, 2.05) is 0 Å². The van der Waals surface area contributed by atoms with Gasteiger partial charge in [-0.15, -0.1) is 0 Å². The summed E-state index contributed by atoms with van der Waals surface area (Å²) < 4.78 is 37.0. The minimum absolute atomic E-state index is 0.234. The smallest absolute Gasteiger partial charge is 0.351 e. The second kappa shape index (κ2) is 5.71. The Labute approximate surface area is 99.1 Å². The van der Waals surface area contributed by atoms with Crippen LogP contribution in [0.3, 0.4) is 0 Å². The zero-order valence-electron chi connectivity index (χ0n) is 10.1. The van der Waals surface area contributed by atoms with E-state index < -0.39 is 18.6 Å². The number of alkyl halides is 3. The first kappa shape index (κ1) is 14.3. The molecule has 0 aromatic carbocycles. The van der Waals surface area contributed by atoms with E-state index in [0.717, 1.165) is 13.0 Å². The Bertz CT molecular complexity index is 260. The highest BCUT2D eigenvalue weighted by molar-refractivity contribution is 5.82. The monoisotopic (exact) mass is 252 g/mol. The quantitative estimate of drug-likeness (QED) is 0.801. The summed E-state index contributed by atoms with van der Waals surface area (Å²) in [4.78, 5) is 11.7. The molecule has 1 fully saturated rings. The number of hydrogen-bond donors (Lipinski definition) is 2. The minimum Gasteiger partial charge on any atom is -0.351 e. The summed E-state index contributed by atoms with van der Waals surface area (Å²) in [7, 11) is 0. The van der Waals surface area contributed by atoms with Gasteiger partial charge in [0.2, 0.25) is 5.91 Å². The van der Waals surface area contributed by atoms with Gasteiger partial charge >= 0.3 is 6.18 Å². The maximum atomic E-state index is 12.3. The zero-order chi connectivity index (χ0) is 13.1. The summed E-state index contributed by atoms with van der Waals surface area (Å²) in [5.74, 6) is -0.549. The van der Waals surface area contributed by atoms with Gasteiger partial charge in [0, 0.05) is 6.04 Å². The van der Waals surface area contributed by atoms with Gasteiger partial charge in [-0.25, -0.2) is 0 Å². The lowest BCUT2D eigenvalue weighted by atomic mass is 10.00. The Morgan fingerprint density at radius 1 is 1.47 bits per heavy atom. The van der Waals surface area contributed by atoms with E-state index in [4.69, 9.17) is 0 Å². The summed E-state index contributed by atoms with van der Waals surface area (Å²) in [6.07, 6.45) is -3.62. The molecule has 1 unspecified atom stereocenters. The van der Waals surface area contributed by atoms with Gasteiger partial charge in [0.15, 0.2) is 0 Å². The molecule has 1 aliphatic rings. The van der Waals surface area contributed by atoms with Gasteiger partial charge in [-0.3, -0.25) is 4.79 Å². The average Bonchev–Trinajstić information content (AvgIpc) is 2.66. The Morgan fingerprint density at radius 2 is 2.12 bits per heavy atom. The fraction of sp³-hybridized carbons (Fsp3) is 0.909. The standard InChI is InChI=1S/C11H19F3N2O/c1-7(2)9(6-11(12,13)14)16-10(17)8-4-3-5-15-8/h7-9,15H,3-6H2,1-2H3,(H,16,17)/t8?,9-/m1/s1. The topological polar surface area (TPSA) is 41.1 Å². The molecular weight excluding hydrogens is 233 g/mol. The Balaban J connectivity index is 2.51. The highest BCUT2D eigenvalue weighted by Crippen LogP contribution is 2.24. The number of amides is 1. The average molecular weight is 252 g/mol. The predicted molar refractivity (Wildman–Crippen MR) is 58.5 cm³/mol. The van der Waals surface area contributed by atoms with Crippen LogP contribution in [0, 0.1) is 5.92 Å². The highest BCUT2D eigenvalue weighted by atomic mass is 19.4. The van der Waals surface area contributed by atoms with Crippen LogP contribution in [0.2, 0.25) is 0 Å². The van der Waals surface area contributed by atoms with Crippen LogP contribution in [-0.2, 0) is 4.79 Å². The molecule has 2 N–H and O–H groups in total. The number of carbonyl (C=O) groups is 1. The fourth-order valence-electron chi connectivity index (χ4n) is 1.89. The van der Waals surface area contributed by atoms with E-state index in [1.165, 1.54) is 0 Å². The Morgan fingerprint density at radius 3 is 2.53 bits per heavy atom. The van der Waals surface area contributed by atoms with Crippen LogP contribution in [0.25, 0.3) is 0 Å². The number of hydrogen-bond acceptors (Lipinski definition) is 2. The molecule has 0 radical (unpaired) electrons. The first-order valence-corrected chi connectivity index (χ1v) is 5.90. The molecule has 0 aliphatic carbocycles. The SMILES string of the molecule is CC(C)[C@@H](CC(F)(F)F)NC(=O)C1CCCN1. The molecule has 3 nitrogen and oxygen atoms in total. The minimum atomic E-state index is -4.24. The van der Waals surface area contributed by atoms with Crippen molar-refractivity contribution in [3.63, 3.8) is 0 Å². The van der Waals surface area contributed by atoms with Gasteiger partial charge in [-0.1, -0.05) is 13.8 Å². The van der Waals surface area contributed by atoms with Gasteiger partial charge < -0.3 is 10.6 Å². The van der Waals surface area contributed by atoms with Gasteiger partial charge in [-0.05, 0) is 25.3 Å². The van der Waals surface area contributed by atoms with Crippen LogP contribution in [-0.4, -0.2) is 30.7 Å². The second-order valence-corrected chi connectivity index (χ2v) is 4.83. The molecule has 100 valence electrons. The van der Waals surface area contributed by atoms with Gasteiger partial charge in [0.05, 0.1) is 12.5 Å². The number of halogens is 3. The summed E-state index contributed by atoms with van der Waals surface area (Å²) in [6, 6.07) is -1.17. The van der Waals surface area contributed by atoms with Gasteiger partial charge in [0.25, 0.3) is 0 Å². The number of carbonyl (C=O) groups excluding carboxylic acids is 1. The highest BCUT2D eigenvalue weighted by Gasteiger charge is 2.35. The predicted octanol–water partition coefficient (Wildman–Crippen LogP) is 1.83. The molecule has 2 atom stereocenters. The van der Waals surface area contributed by atoms with Crippen molar-refractivity contribution in [3.05, 3.63) is 0 Å². The Hall–Kier alpha value is -0.780. The summed E-state index contributed by atoms with van der Waals surface area (Å²) in [5.41, 5.74) is 0. The maximum absolute atomic E-state index is 12.3. The van der Waals surface area contributed by atoms with Crippen LogP contribution >= 0.6 is 0 Å². The van der Waals surface area contributed by atoms with Crippen LogP contribution in [0.5, 0.6) is 0 Å². The number of rotatable bonds is 4. The van der Waals surface area contributed by atoms with Crippen molar-refractivity contribution in [2.45, 2.75) is 51.4 Å². The summed E-state index contributed by atoms with van der Waals surface area (Å²) >= 11 is 0. The van der Waals surface area contributed by atoms with Crippen LogP contribution in [0.1, 0.15) is 33.1 Å². The molecule has 0 saturated carbocycles. The van der Waals surface area contributed by atoms with E-state index in [1.54, 1.807) is 13.8 Å². The largest absolute Gasteiger partial charge is 0.391 e. The van der Waals surface area contributed by atoms with Crippen molar-refractivity contribution < 1.29 is 18.0 Å². The molecule has 0 aromatic heterocycles. The van der Waals surface area contributed by atoms with Crippen molar-refractivity contribution >= 4 is 5.91 Å². The van der Waals surface area contributed by atoms with Crippen molar-refractivity contribution in [2.24, 2.45) is 5.92 Å². The zero-order valence-corrected chi connectivity index (χ0v) is 10.1. The number of nitrogens with one attached hydrogen (secondary N) is 2. The molecule has 0 spiro atoms. The van der Waals surface area contributed by atoms with Crippen molar-refractivity contribution in [1.29, 1.82) is 0 Å². The third kappa shape index (κ3) is 4.93. The van der Waals surface area contributed by atoms with E-state index in [2.05, 4.69) is 10.6 Å². The van der Waals surface area contributed by atoms with Crippen LogP contribution in [0.15, 0.2) is 0 Å². The molecular formula is C11H19F3N2O. The molecule has 1 heterocycles. The molecule has 17 heavy (non-hydrogen) atoms. The molecule has 6 heteroatoms. The first-order valence-electron chi connectivity index (χ1n) is 5.90. The molecule has 1 amide bonds. The lowest BCUT2D eigenvalue weighted by Crippen LogP contribution is -2.48. The van der Waals surface area contributed by atoms with Crippen molar-refractivity contribution in [3.8, 4) is 0 Å². The third-order valence-corrected chi connectivity index (χ3v) is 2.96. The van der Waals surface area contributed by atoms with Crippen LogP contribution < -0.4 is 10.6 Å². The van der Waals surface area contributed by atoms with Crippen molar-refractivity contribution in [2.75, 3.05) is 6.54 Å². The fourth-order valence-corrected chi connectivity index (χ4v) is 1.89. The van der Waals surface area contributed by atoms with E-state index in [9.17, 15) is 18.0 Å². The van der Waals surface area contributed by atoms with E-state index >= 15 is 0 Å². The molecule has 0 bridgehead atoms. The lowest BCUT2D eigenvalue weighted by Gasteiger charge is -2.25. The third-order valence-electron chi connectivity index (χ3n) is 2.96. The first-order chi connectivity index (χ1) is 7.79. The Kier molecular flexibility index (Phi) is 4.80. The molecule has 1 rings (SSSR count). The molecule has 1 saturated heterocycles. The van der Waals surface area contributed by atoms with Gasteiger partial charge in [0.1, 0.15) is 0 Å². The van der Waals surface area contributed by atoms with E-state index in [0.29, 0.717) is 6.42 Å². The van der Waals surface area contributed by atoms with Crippen LogP contribution in [0.4, 0.5) is 13.2 Å².